The summed E-state index contributed by atoms with van der Waals surface area (Å²) in [4.78, 5) is 39.0. The SMILES string of the molecule is CC(C)OC(=O)c1ccc2ccccc2c1C1CC2C(=O)C1C1C3C=CC(C3=O)C21. The Morgan fingerprint density at radius 2 is 1.67 bits per heavy atom. The van der Waals surface area contributed by atoms with Gasteiger partial charge in [0, 0.05) is 23.7 Å². The smallest absolute Gasteiger partial charge is 0.338 e. The second-order valence-electron chi connectivity index (χ2n) is 9.57. The largest absolute Gasteiger partial charge is 0.459 e. The minimum Gasteiger partial charge on any atom is -0.459 e. The Bertz CT molecular complexity index is 1140. The highest BCUT2D eigenvalue weighted by atomic mass is 16.5. The molecule has 152 valence electrons. The van der Waals surface area contributed by atoms with E-state index in [4.69, 9.17) is 4.74 Å². The van der Waals surface area contributed by atoms with Gasteiger partial charge in [-0.2, -0.15) is 0 Å². The summed E-state index contributed by atoms with van der Waals surface area (Å²) < 4.78 is 5.56. The molecule has 0 saturated heterocycles. The second-order valence-corrected chi connectivity index (χ2v) is 9.57. The first-order chi connectivity index (χ1) is 14.5. The first-order valence-electron chi connectivity index (χ1n) is 11.0. The molecule has 4 bridgehead atoms. The van der Waals surface area contributed by atoms with Gasteiger partial charge in [0.1, 0.15) is 11.6 Å². The minimum atomic E-state index is -0.332. The van der Waals surface area contributed by atoms with E-state index in [1.54, 1.807) is 0 Å². The number of rotatable bonds is 3. The zero-order chi connectivity index (χ0) is 20.7. The van der Waals surface area contributed by atoms with Crippen molar-refractivity contribution >= 4 is 28.3 Å². The van der Waals surface area contributed by atoms with Crippen LogP contribution in [-0.4, -0.2) is 23.6 Å². The third-order valence-electron chi connectivity index (χ3n) is 7.88. The van der Waals surface area contributed by atoms with Crippen LogP contribution in [0.2, 0.25) is 0 Å². The lowest BCUT2D eigenvalue weighted by atomic mass is 9.67. The molecular formula is C26H24O4. The number of benzene rings is 2. The van der Waals surface area contributed by atoms with Crippen molar-refractivity contribution in [2.75, 3.05) is 0 Å². The number of Topliss-reactive ketones (excluding diaryl/α,β-unsaturated/α-hetero) is 2. The van der Waals surface area contributed by atoms with Gasteiger partial charge in [0.15, 0.2) is 0 Å². The first kappa shape index (κ1) is 18.1. The maximum Gasteiger partial charge on any atom is 0.338 e. The number of ketones is 2. The van der Waals surface area contributed by atoms with Gasteiger partial charge >= 0.3 is 5.97 Å². The van der Waals surface area contributed by atoms with E-state index in [2.05, 4.69) is 0 Å². The van der Waals surface area contributed by atoms with Crippen molar-refractivity contribution in [2.45, 2.75) is 32.3 Å². The predicted molar refractivity (Wildman–Crippen MR) is 112 cm³/mol. The van der Waals surface area contributed by atoms with Gasteiger partial charge in [-0.15, -0.1) is 0 Å². The number of hydrogen-bond donors (Lipinski definition) is 0. The van der Waals surface area contributed by atoms with Crippen molar-refractivity contribution in [2.24, 2.45) is 35.5 Å². The average Bonchev–Trinajstić information content (AvgIpc) is 3.42. The molecule has 0 radical (unpaired) electrons. The molecule has 2 aromatic rings. The van der Waals surface area contributed by atoms with E-state index in [0.717, 1.165) is 22.8 Å². The molecule has 3 fully saturated rings. The first-order valence-corrected chi connectivity index (χ1v) is 11.0. The highest BCUT2D eigenvalue weighted by molar-refractivity contribution is 6.03. The molecule has 0 aliphatic heterocycles. The lowest BCUT2D eigenvalue weighted by Gasteiger charge is -2.35. The van der Waals surface area contributed by atoms with E-state index in [0.29, 0.717) is 17.1 Å². The zero-order valence-electron chi connectivity index (χ0n) is 17.1. The van der Waals surface area contributed by atoms with Crippen LogP contribution >= 0.6 is 0 Å². The van der Waals surface area contributed by atoms with E-state index < -0.39 is 0 Å². The molecule has 0 heterocycles. The van der Waals surface area contributed by atoms with Crippen LogP contribution in [-0.2, 0) is 14.3 Å². The number of ether oxygens (including phenoxy) is 1. The van der Waals surface area contributed by atoms with Crippen molar-refractivity contribution in [3.8, 4) is 0 Å². The number of allylic oxidation sites excluding steroid dienone is 2. The Labute approximate surface area is 175 Å². The van der Waals surface area contributed by atoms with Crippen molar-refractivity contribution in [3.63, 3.8) is 0 Å². The number of fused-ring (bicyclic) bond motifs is 10. The zero-order valence-corrected chi connectivity index (χ0v) is 17.1. The maximum atomic E-state index is 13.3. The normalized spacial score (nSPS) is 35.6. The number of carbonyl (C=O) groups excluding carboxylic acids is 3. The summed E-state index contributed by atoms with van der Waals surface area (Å²) in [7, 11) is 0. The Balaban J connectivity index is 1.51. The maximum absolute atomic E-state index is 13.3. The number of esters is 1. The van der Waals surface area contributed by atoms with Crippen LogP contribution in [0.25, 0.3) is 10.8 Å². The standard InChI is InChI=1S/C26H24O4/c1-12(2)30-26(29)17-8-7-13-5-3-4-6-14(13)20(17)18-11-19-21-15-9-10-16(24(15)27)22(21)23(18)25(19)28/h3-10,12,15-16,18-19,21-23H,11H2,1-2H3. The van der Waals surface area contributed by atoms with E-state index in [9.17, 15) is 14.4 Å². The molecular weight excluding hydrogens is 376 g/mol. The van der Waals surface area contributed by atoms with Gasteiger partial charge in [0.25, 0.3) is 0 Å². The van der Waals surface area contributed by atoms with Gasteiger partial charge in [-0.3, -0.25) is 9.59 Å². The van der Waals surface area contributed by atoms with E-state index in [1.165, 1.54) is 0 Å². The van der Waals surface area contributed by atoms with Crippen LogP contribution in [0.1, 0.15) is 42.1 Å². The summed E-state index contributed by atoms with van der Waals surface area (Å²) >= 11 is 0. The Morgan fingerprint density at radius 3 is 2.43 bits per heavy atom. The Kier molecular flexibility index (Phi) is 3.69. The Hall–Kier alpha value is -2.75. The molecule has 7 atom stereocenters. The highest BCUT2D eigenvalue weighted by Gasteiger charge is 2.68. The van der Waals surface area contributed by atoms with Gasteiger partial charge in [0.05, 0.1) is 11.7 Å². The van der Waals surface area contributed by atoms with Crippen LogP contribution in [0.4, 0.5) is 0 Å². The van der Waals surface area contributed by atoms with Crippen molar-refractivity contribution in [1.29, 1.82) is 0 Å². The summed E-state index contributed by atoms with van der Waals surface area (Å²) in [5, 5.41) is 2.08. The second kappa shape index (κ2) is 6.13. The summed E-state index contributed by atoms with van der Waals surface area (Å²) in [5.41, 5.74) is 1.51. The van der Waals surface area contributed by atoms with Crippen molar-refractivity contribution in [1.82, 2.24) is 0 Å². The van der Waals surface area contributed by atoms with E-state index in [1.807, 2.05) is 62.4 Å². The van der Waals surface area contributed by atoms with Gasteiger partial charge in [0.2, 0.25) is 0 Å². The molecule has 4 aliphatic rings. The summed E-state index contributed by atoms with van der Waals surface area (Å²) in [6.45, 7) is 3.69. The number of hydrogen-bond acceptors (Lipinski definition) is 4. The van der Waals surface area contributed by atoms with Crippen molar-refractivity contribution < 1.29 is 19.1 Å². The fourth-order valence-corrected chi connectivity index (χ4v) is 6.98. The molecule has 4 aliphatic carbocycles. The van der Waals surface area contributed by atoms with Crippen LogP contribution in [0.15, 0.2) is 48.6 Å². The molecule has 6 rings (SSSR count). The molecule has 30 heavy (non-hydrogen) atoms. The van der Waals surface area contributed by atoms with E-state index in [-0.39, 0.29) is 53.5 Å². The monoisotopic (exact) mass is 400 g/mol. The fourth-order valence-electron chi connectivity index (χ4n) is 6.98. The van der Waals surface area contributed by atoms with Gasteiger partial charge in [-0.1, -0.05) is 42.5 Å². The highest BCUT2D eigenvalue weighted by Crippen LogP contribution is 2.66. The lowest BCUT2D eigenvalue weighted by molar-refractivity contribution is -0.125. The lowest BCUT2D eigenvalue weighted by Crippen LogP contribution is -2.31. The van der Waals surface area contributed by atoms with Crippen LogP contribution < -0.4 is 0 Å². The molecule has 4 nitrogen and oxygen atoms in total. The fraction of sp³-hybridized carbons (Fsp3) is 0.423. The third-order valence-corrected chi connectivity index (χ3v) is 7.88. The molecule has 3 saturated carbocycles. The summed E-state index contributed by atoms with van der Waals surface area (Å²) in [6.07, 6.45) is 4.57. The van der Waals surface area contributed by atoms with Crippen LogP contribution in [0.3, 0.4) is 0 Å². The molecule has 2 aromatic carbocycles. The van der Waals surface area contributed by atoms with Gasteiger partial charge in [-0.25, -0.2) is 4.79 Å². The molecule has 0 spiro atoms. The molecule has 0 N–H and O–H groups in total. The van der Waals surface area contributed by atoms with Crippen LogP contribution in [0.5, 0.6) is 0 Å². The third kappa shape index (κ3) is 2.19. The van der Waals surface area contributed by atoms with Crippen molar-refractivity contribution in [3.05, 3.63) is 59.7 Å². The minimum absolute atomic E-state index is 0.0369. The Morgan fingerprint density at radius 1 is 0.933 bits per heavy atom. The van der Waals surface area contributed by atoms with Crippen LogP contribution in [0, 0.1) is 35.5 Å². The summed E-state index contributed by atoms with van der Waals surface area (Å²) in [5.74, 6) is 0.0519. The molecule has 7 unspecified atom stereocenters. The van der Waals surface area contributed by atoms with E-state index >= 15 is 0 Å². The predicted octanol–water partition coefficient (Wildman–Crippen LogP) is 4.32. The topological polar surface area (TPSA) is 60.4 Å². The molecule has 4 heteroatoms. The van der Waals surface area contributed by atoms with Gasteiger partial charge in [-0.05, 0) is 60.4 Å². The quantitative estimate of drug-likeness (QED) is 0.437. The molecule has 0 aromatic heterocycles. The molecule has 0 amide bonds. The summed E-state index contributed by atoms with van der Waals surface area (Å²) in [6, 6.07) is 11.8. The average molecular weight is 400 g/mol. The van der Waals surface area contributed by atoms with Gasteiger partial charge < -0.3 is 4.74 Å². The number of carbonyl (C=O) groups is 3.